The van der Waals surface area contributed by atoms with Gasteiger partial charge in [-0.15, -0.1) is 0 Å². The van der Waals surface area contributed by atoms with Crippen molar-refractivity contribution in [3.63, 3.8) is 0 Å². The Morgan fingerprint density at radius 2 is 1.70 bits per heavy atom. The summed E-state index contributed by atoms with van der Waals surface area (Å²) in [5.74, 6) is -5.75. The zero-order valence-electron chi connectivity index (χ0n) is 25.4. The van der Waals surface area contributed by atoms with Crippen molar-refractivity contribution in [2.45, 2.75) is 50.5 Å². The molecule has 0 saturated carbocycles. The number of urea groups is 1. The Kier molecular flexibility index (Phi) is 12.7. The number of carbonyl (C=O) groups excluding carboxylic acids is 3. The van der Waals surface area contributed by atoms with Crippen molar-refractivity contribution < 1.29 is 75.7 Å². The topological polar surface area (TPSA) is 102 Å². The van der Waals surface area contributed by atoms with Crippen LogP contribution in [-0.4, -0.2) is 53.9 Å². The molecule has 0 aromatic heterocycles. The summed E-state index contributed by atoms with van der Waals surface area (Å²) in [4.78, 5) is 40.7. The molecule has 0 radical (unpaired) electrons. The van der Waals surface area contributed by atoms with Crippen molar-refractivity contribution in [1.82, 2.24) is 15.1 Å². The summed E-state index contributed by atoms with van der Waals surface area (Å²) in [6.45, 7) is 0.337. The van der Waals surface area contributed by atoms with E-state index < -0.39 is 71.4 Å². The van der Waals surface area contributed by atoms with E-state index in [4.69, 9.17) is 4.74 Å². The van der Waals surface area contributed by atoms with Crippen LogP contribution in [0.25, 0.3) is 0 Å². The van der Waals surface area contributed by atoms with E-state index in [9.17, 15) is 37.1 Å². The number of carboxylic acid groups (broad SMARTS) is 1. The molecule has 0 aliphatic carbocycles. The molecule has 3 aromatic carbocycles. The summed E-state index contributed by atoms with van der Waals surface area (Å²) in [7, 11) is 1.23. The average Bonchev–Trinajstić information content (AvgIpc) is 2.99. The molecule has 3 unspecified atom stereocenters. The third-order valence-electron chi connectivity index (χ3n) is 7.80. The van der Waals surface area contributed by atoms with Crippen LogP contribution < -0.4 is 44.7 Å². The van der Waals surface area contributed by atoms with Crippen molar-refractivity contribution in [1.29, 1.82) is 0 Å². The Hall–Kier alpha value is -3.52. The van der Waals surface area contributed by atoms with Gasteiger partial charge in [0, 0.05) is 29.7 Å². The first-order chi connectivity index (χ1) is 21.3. The van der Waals surface area contributed by atoms with Crippen LogP contribution in [0.5, 0.6) is 5.75 Å². The van der Waals surface area contributed by atoms with Gasteiger partial charge in [-0.2, -0.15) is 13.2 Å². The van der Waals surface area contributed by atoms with E-state index in [1.807, 2.05) is 0 Å². The van der Waals surface area contributed by atoms with Crippen LogP contribution in [0.15, 0.2) is 66.7 Å². The second kappa shape index (κ2) is 15.9. The van der Waals surface area contributed by atoms with E-state index in [1.54, 1.807) is 30.3 Å². The number of carbonyl (C=O) groups is 3. The van der Waals surface area contributed by atoms with Crippen LogP contribution in [0.2, 0.25) is 0 Å². The molecular weight excluding hydrogens is 624 g/mol. The number of halogens is 5. The number of alkyl halides is 3. The summed E-state index contributed by atoms with van der Waals surface area (Å²) >= 11 is 0. The van der Waals surface area contributed by atoms with Gasteiger partial charge in [0.15, 0.2) is 11.6 Å². The molecule has 240 valence electrons. The third kappa shape index (κ3) is 8.24. The average molecular weight is 656 g/mol. The number of amides is 3. The Morgan fingerprint density at radius 1 is 1.02 bits per heavy atom. The van der Waals surface area contributed by atoms with Crippen LogP contribution >= 0.6 is 0 Å². The molecule has 1 aliphatic rings. The van der Waals surface area contributed by atoms with Crippen molar-refractivity contribution in [3.8, 4) is 5.75 Å². The number of imide groups is 1. The predicted octanol–water partition coefficient (Wildman–Crippen LogP) is 1.79. The number of hydrogen-bond donors (Lipinski definition) is 1. The van der Waals surface area contributed by atoms with Crippen molar-refractivity contribution in [3.05, 3.63) is 101 Å². The van der Waals surface area contributed by atoms with Gasteiger partial charge in [0.05, 0.1) is 31.2 Å². The molecule has 3 aromatic rings. The Morgan fingerprint density at radius 3 is 2.33 bits per heavy atom. The maximum atomic E-state index is 15.6. The number of aliphatic carboxylic acids is 1. The molecule has 1 heterocycles. The van der Waals surface area contributed by atoms with Crippen LogP contribution in [0.4, 0.5) is 26.7 Å². The maximum absolute atomic E-state index is 15.6. The zero-order chi connectivity index (χ0) is 32.9. The number of rotatable bonds is 12. The third-order valence-corrected chi connectivity index (χ3v) is 7.80. The molecule has 46 heavy (non-hydrogen) atoms. The number of methoxy groups -OCH3 is 1. The van der Waals surface area contributed by atoms with Crippen LogP contribution in [-0.2, 0) is 22.3 Å². The number of carboxylic acids is 1. The summed E-state index contributed by atoms with van der Waals surface area (Å²) in [6.07, 6.45) is -5.02. The largest absolute Gasteiger partial charge is 1.00 e. The molecule has 1 saturated heterocycles. The van der Waals surface area contributed by atoms with Gasteiger partial charge in [-0.05, 0) is 50.1 Å². The minimum atomic E-state index is -4.94. The Labute approximate surface area is 284 Å². The van der Waals surface area contributed by atoms with Crippen LogP contribution in [0.3, 0.4) is 0 Å². The predicted molar refractivity (Wildman–Crippen MR) is 151 cm³/mol. The smallest absolute Gasteiger partial charge is 0.550 e. The first kappa shape index (κ1) is 36.9. The van der Waals surface area contributed by atoms with Gasteiger partial charge in [0.1, 0.15) is 5.82 Å². The van der Waals surface area contributed by atoms with Crippen LogP contribution in [0.1, 0.15) is 54.0 Å². The molecule has 3 atom stereocenters. The van der Waals surface area contributed by atoms with E-state index in [2.05, 4.69) is 5.32 Å². The number of hydrogen-bond acceptors (Lipinski definition) is 6. The summed E-state index contributed by atoms with van der Waals surface area (Å²) < 4.78 is 77.3. The van der Waals surface area contributed by atoms with Crippen molar-refractivity contribution in [2.24, 2.45) is 0 Å². The van der Waals surface area contributed by atoms with Gasteiger partial charge in [0.25, 0.3) is 0 Å². The van der Waals surface area contributed by atoms with E-state index in [1.165, 1.54) is 32.2 Å². The molecule has 8 nitrogen and oxygen atoms in total. The Bertz CT molecular complexity index is 1540. The van der Waals surface area contributed by atoms with E-state index in [-0.39, 0.29) is 66.8 Å². The molecule has 0 spiro atoms. The minimum Gasteiger partial charge on any atom is -0.550 e. The zero-order valence-corrected chi connectivity index (χ0v) is 27.4. The van der Waals surface area contributed by atoms with E-state index in [0.29, 0.717) is 11.6 Å². The number of ether oxygens (including phenoxy) is 1. The molecule has 1 N–H and O–H groups in total. The fraction of sp³-hybridized carbons (Fsp3) is 0.344. The van der Waals surface area contributed by atoms with Crippen LogP contribution in [0, 0.1) is 11.6 Å². The fourth-order valence-electron chi connectivity index (χ4n) is 5.50. The van der Waals surface area contributed by atoms with Gasteiger partial charge in [-0.3, -0.25) is 9.69 Å². The van der Waals surface area contributed by atoms with Gasteiger partial charge in [-0.1, -0.05) is 48.5 Å². The molecule has 3 amide bonds. The van der Waals surface area contributed by atoms with Gasteiger partial charge in [-0.25, -0.2) is 13.6 Å². The monoisotopic (exact) mass is 655 g/mol. The molecular formula is C32H31F5N3NaO5. The second-order valence-electron chi connectivity index (χ2n) is 10.6. The molecule has 14 heteroatoms. The first-order valence-electron chi connectivity index (χ1n) is 14.1. The molecule has 0 bridgehead atoms. The van der Waals surface area contributed by atoms with E-state index in [0.717, 1.165) is 21.9 Å². The SMILES string of the molecule is COc1cccc(C2C(=O)N(CC(NCCCC(=O)[O-])c3ccccc3)C(=O)N(Cc3c(F)cccc3C(F)(F)F)C2C)c1F.[Na+]. The normalized spacial score (nSPS) is 17.5. The van der Waals surface area contributed by atoms with Crippen molar-refractivity contribution >= 4 is 17.9 Å². The quantitative estimate of drug-likeness (QED) is 0.182. The van der Waals surface area contributed by atoms with Gasteiger partial charge >= 0.3 is 41.8 Å². The second-order valence-corrected chi connectivity index (χ2v) is 10.6. The first-order valence-corrected chi connectivity index (χ1v) is 14.1. The molecule has 4 rings (SSSR count). The maximum Gasteiger partial charge on any atom is 1.00 e. The van der Waals surface area contributed by atoms with Gasteiger partial charge < -0.3 is 24.9 Å². The number of nitrogens with zero attached hydrogens (tertiary/aromatic N) is 2. The summed E-state index contributed by atoms with van der Waals surface area (Å²) in [6, 6.07) is 12.2. The van der Waals surface area contributed by atoms with Crippen molar-refractivity contribution in [2.75, 3.05) is 20.2 Å². The fourth-order valence-corrected chi connectivity index (χ4v) is 5.50. The van der Waals surface area contributed by atoms with E-state index >= 15 is 4.39 Å². The Balaban J connectivity index is 0.00000576. The summed E-state index contributed by atoms with van der Waals surface area (Å²) in [5.41, 5.74) is -1.62. The summed E-state index contributed by atoms with van der Waals surface area (Å²) in [5, 5.41) is 14.0. The number of nitrogens with one attached hydrogen (secondary N) is 1. The molecule has 1 aliphatic heterocycles. The standard InChI is InChI=1S/C32H32F5N3O5.Na/c1-19-28(21-11-6-14-26(45-2)29(21)34)30(43)40(18-25(20-9-4-3-5-10-20)38-16-8-15-27(41)42)31(44)39(19)17-22-23(32(35,36)37)12-7-13-24(22)33;/h3-7,9-14,19,25,28,38H,8,15-18H2,1-2H3,(H,41,42);/q;+1/p-1. The molecule has 1 fully saturated rings. The minimum absolute atomic E-state index is 0. The van der Waals surface area contributed by atoms with Gasteiger partial charge in [0.2, 0.25) is 5.91 Å². The number of benzene rings is 3.